The zero-order valence-electron chi connectivity index (χ0n) is 18.6. The molecule has 11 heteroatoms. The fourth-order valence-electron chi connectivity index (χ4n) is 3.43. The van der Waals surface area contributed by atoms with Crippen molar-refractivity contribution < 1.29 is 19.0 Å². The predicted molar refractivity (Wildman–Crippen MR) is 121 cm³/mol. The van der Waals surface area contributed by atoms with Gasteiger partial charge in [0.1, 0.15) is 17.8 Å². The van der Waals surface area contributed by atoms with Crippen LogP contribution in [0.4, 0.5) is 21.7 Å². The smallest absolute Gasteiger partial charge is 0.255 e. The molecule has 4 N–H and O–H groups in total. The maximum atomic E-state index is 14.1. The molecule has 1 aliphatic heterocycles. The number of aliphatic hydroxyl groups is 1. The minimum Gasteiger partial charge on any atom is -0.387 e. The van der Waals surface area contributed by atoms with Crippen LogP contribution >= 0.6 is 0 Å². The Bertz CT molecular complexity index is 1110. The Labute approximate surface area is 190 Å². The summed E-state index contributed by atoms with van der Waals surface area (Å²) in [6.07, 6.45) is 4.88. The molecule has 0 aliphatic carbocycles. The summed E-state index contributed by atoms with van der Waals surface area (Å²) in [6, 6.07) is 5.42. The summed E-state index contributed by atoms with van der Waals surface area (Å²) in [6.45, 7) is 3.69. The van der Waals surface area contributed by atoms with Gasteiger partial charge in [0.25, 0.3) is 5.91 Å². The molecular weight excluding hydrogens is 429 g/mol. The van der Waals surface area contributed by atoms with Gasteiger partial charge in [-0.2, -0.15) is 5.10 Å². The lowest BCUT2D eigenvalue weighted by atomic mass is 10.0. The molecule has 176 valence electrons. The number of hydrogen-bond donors (Lipinski definition) is 4. The minimum absolute atomic E-state index is 0.132. The van der Waals surface area contributed by atoms with Crippen molar-refractivity contribution in [2.45, 2.75) is 44.5 Å². The molecule has 1 saturated heterocycles. The van der Waals surface area contributed by atoms with Crippen molar-refractivity contribution in [3.63, 3.8) is 0 Å². The van der Waals surface area contributed by atoms with E-state index in [4.69, 9.17) is 4.74 Å². The maximum absolute atomic E-state index is 14.1. The quantitative estimate of drug-likeness (QED) is 0.406. The van der Waals surface area contributed by atoms with Gasteiger partial charge in [0.05, 0.1) is 29.6 Å². The monoisotopic (exact) mass is 457 g/mol. The molecule has 3 aromatic rings. The van der Waals surface area contributed by atoms with E-state index in [2.05, 4.69) is 31.0 Å². The van der Waals surface area contributed by atoms with Crippen LogP contribution in [0.25, 0.3) is 5.65 Å². The molecular formula is C22H28FN7O3. The summed E-state index contributed by atoms with van der Waals surface area (Å²) in [5.74, 6) is 0.599. The van der Waals surface area contributed by atoms with E-state index in [1.54, 1.807) is 35.1 Å². The van der Waals surface area contributed by atoms with Crippen LogP contribution < -0.4 is 16.0 Å². The molecule has 10 nitrogen and oxygen atoms in total. The van der Waals surface area contributed by atoms with Crippen molar-refractivity contribution in [3.8, 4) is 0 Å². The Morgan fingerprint density at radius 1 is 1.33 bits per heavy atom. The summed E-state index contributed by atoms with van der Waals surface area (Å²) < 4.78 is 21.2. The highest BCUT2D eigenvalue weighted by Gasteiger charge is 2.27. The summed E-state index contributed by atoms with van der Waals surface area (Å²) >= 11 is 0. The van der Waals surface area contributed by atoms with E-state index in [-0.39, 0.29) is 18.2 Å². The van der Waals surface area contributed by atoms with Crippen LogP contribution in [0.3, 0.4) is 0 Å². The van der Waals surface area contributed by atoms with Gasteiger partial charge in [-0.25, -0.2) is 18.9 Å². The van der Waals surface area contributed by atoms with Gasteiger partial charge in [-0.1, -0.05) is 0 Å². The van der Waals surface area contributed by atoms with Crippen molar-refractivity contribution in [1.29, 1.82) is 0 Å². The molecule has 1 fully saturated rings. The van der Waals surface area contributed by atoms with E-state index >= 15 is 0 Å². The molecule has 1 amide bonds. The largest absolute Gasteiger partial charge is 0.387 e. The van der Waals surface area contributed by atoms with E-state index in [1.165, 1.54) is 20.0 Å². The predicted octanol–water partition coefficient (Wildman–Crippen LogP) is 2.30. The van der Waals surface area contributed by atoms with Gasteiger partial charge in [0.2, 0.25) is 0 Å². The summed E-state index contributed by atoms with van der Waals surface area (Å²) in [5.41, 5.74) is -0.00846. The number of aromatic nitrogens is 4. The van der Waals surface area contributed by atoms with Gasteiger partial charge in [-0.15, -0.1) is 0 Å². The van der Waals surface area contributed by atoms with Gasteiger partial charge in [0.15, 0.2) is 5.65 Å². The Hall–Kier alpha value is -3.31. The second-order valence-corrected chi connectivity index (χ2v) is 8.55. The number of carbonyl (C=O) groups is 1. The third-order valence-electron chi connectivity index (χ3n) is 5.45. The van der Waals surface area contributed by atoms with Crippen molar-refractivity contribution in [2.24, 2.45) is 0 Å². The summed E-state index contributed by atoms with van der Waals surface area (Å²) in [5, 5.41) is 23.0. The van der Waals surface area contributed by atoms with Crippen molar-refractivity contribution in [3.05, 3.63) is 42.4 Å². The fraction of sp³-hybridized carbons (Fsp3) is 0.455. The van der Waals surface area contributed by atoms with Crippen LogP contribution in [0.2, 0.25) is 0 Å². The molecule has 0 aromatic carbocycles. The maximum Gasteiger partial charge on any atom is 0.255 e. The topological polar surface area (TPSA) is 126 Å². The Balaban J connectivity index is 1.54. The molecule has 0 spiro atoms. The highest BCUT2D eigenvalue weighted by atomic mass is 19.1. The Morgan fingerprint density at radius 2 is 2.12 bits per heavy atom. The number of amides is 1. The van der Waals surface area contributed by atoms with Crippen molar-refractivity contribution in [2.75, 3.05) is 30.4 Å². The van der Waals surface area contributed by atoms with Gasteiger partial charge < -0.3 is 25.8 Å². The number of anilines is 3. The molecule has 0 radical (unpaired) electrons. The lowest BCUT2D eigenvalue weighted by Gasteiger charge is -2.26. The first-order chi connectivity index (χ1) is 15.8. The second-order valence-electron chi connectivity index (χ2n) is 8.55. The fourth-order valence-corrected chi connectivity index (χ4v) is 3.43. The van der Waals surface area contributed by atoms with Gasteiger partial charge in [-0.3, -0.25) is 4.79 Å². The lowest BCUT2D eigenvalue weighted by molar-refractivity contribution is -0.00177. The number of alkyl halides is 1. The molecule has 33 heavy (non-hydrogen) atoms. The first kappa shape index (κ1) is 22.9. The van der Waals surface area contributed by atoms with E-state index in [1.807, 2.05) is 0 Å². The van der Waals surface area contributed by atoms with E-state index < -0.39 is 17.7 Å². The molecule has 1 unspecified atom stereocenters. The summed E-state index contributed by atoms with van der Waals surface area (Å²) in [7, 11) is 0. The first-order valence-corrected chi connectivity index (χ1v) is 10.9. The number of fused-ring (bicyclic) bond motifs is 1. The number of halogens is 1. The lowest BCUT2D eigenvalue weighted by Crippen LogP contribution is -2.42. The average molecular weight is 458 g/mol. The highest BCUT2D eigenvalue weighted by molar-refractivity contribution is 5.99. The van der Waals surface area contributed by atoms with Crippen LogP contribution in [0.15, 0.2) is 36.8 Å². The van der Waals surface area contributed by atoms with E-state index in [0.717, 1.165) is 12.8 Å². The number of ether oxygens (including phenoxy) is 1. The molecule has 3 aromatic heterocycles. The van der Waals surface area contributed by atoms with Crippen molar-refractivity contribution in [1.82, 2.24) is 24.9 Å². The number of nitrogens with zero attached hydrogens (tertiary/aromatic N) is 4. The average Bonchev–Trinajstić information content (AvgIpc) is 3.25. The Kier molecular flexibility index (Phi) is 6.70. The molecule has 4 heterocycles. The SMILES string of the molecule is CC(C)(O)C(F)CNC(=O)c1cnc(Nc2ccn3nccc3n2)cc1NC1CCOCC1. The first-order valence-electron chi connectivity index (χ1n) is 10.9. The highest BCUT2D eigenvalue weighted by Crippen LogP contribution is 2.24. The molecule has 1 aliphatic rings. The van der Waals surface area contributed by atoms with E-state index in [0.29, 0.717) is 36.2 Å². The summed E-state index contributed by atoms with van der Waals surface area (Å²) in [4.78, 5) is 21.6. The van der Waals surface area contributed by atoms with Crippen LogP contribution in [0, 0.1) is 0 Å². The van der Waals surface area contributed by atoms with Crippen LogP contribution in [-0.2, 0) is 4.74 Å². The number of nitrogens with one attached hydrogen (secondary N) is 3. The van der Waals surface area contributed by atoms with Gasteiger partial charge in [-0.05, 0) is 32.8 Å². The van der Waals surface area contributed by atoms with Gasteiger partial charge in [0, 0.05) is 43.8 Å². The number of hydrogen-bond acceptors (Lipinski definition) is 8. The zero-order valence-corrected chi connectivity index (χ0v) is 18.6. The molecule has 0 bridgehead atoms. The molecule has 1 atom stereocenters. The minimum atomic E-state index is -1.60. The third-order valence-corrected chi connectivity index (χ3v) is 5.45. The number of rotatable bonds is 8. The normalized spacial score (nSPS) is 15.9. The van der Waals surface area contributed by atoms with Crippen LogP contribution in [0.5, 0.6) is 0 Å². The molecule has 4 rings (SSSR count). The number of pyridine rings is 1. The van der Waals surface area contributed by atoms with Crippen LogP contribution in [-0.4, -0.2) is 68.2 Å². The van der Waals surface area contributed by atoms with Crippen molar-refractivity contribution >= 4 is 28.9 Å². The van der Waals surface area contributed by atoms with E-state index in [9.17, 15) is 14.3 Å². The standard InChI is InChI=1S/C22H28FN7O3/c1-22(2,32)17(23)13-25-21(31)15-12-24-19(11-16(15)27-14-5-9-33-10-6-14)28-18-4-8-30-20(29-18)3-7-26-30/h3-4,7-8,11-12,14,17,32H,5-6,9-10,13H2,1-2H3,(H,25,31)(H2,24,27,28,29). The zero-order chi connectivity index (χ0) is 23.4. The molecule has 0 saturated carbocycles. The second kappa shape index (κ2) is 9.67. The third kappa shape index (κ3) is 5.74. The number of carbonyl (C=O) groups excluding carboxylic acids is 1. The van der Waals surface area contributed by atoms with Crippen LogP contribution in [0.1, 0.15) is 37.0 Å². The van der Waals surface area contributed by atoms with Gasteiger partial charge >= 0.3 is 0 Å². The Morgan fingerprint density at radius 3 is 2.88 bits per heavy atom.